The fourth-order valence-electron chi connectivity index (χ4n) is 2.31. The number of H-pyrrole nitrogens is 1. The third kappa shape index (κ3) is 2.00. The highest BCUT2D eigenvalue weighted by Crippen LogP contribution is 2.34. The van der Waals surface area contributed by atoms with E-state index in [9.17, 15) is 13.2 Å². The van der Waals surface area contributed by atoms with E-state index in [0.717, 1.165) is 5.39 Å². The summed E-state index contributed by atoms with van der Waals surface area (Å²) < 4.78 is 36.6. The number of hydrogen-bond donors (Lipinski definition) is 1. The van der Waals surface area contributed by atoms with Crippen molar-refractivity contribution in [1.29, 1.82) is 0 Å². The van der Waals surface area contributed by atoms with E-state index in [-0.39, 0.29) is 5.92 Å². The van der Waals surface area contributed by atoms with E-state index in [2.05, 4.69) is 15.0 Å². The fraction of sp³-hybridized carbons (Fsp3) is 0.455. The van der Waals surface area contributed by atoms with E-state index in [1.54, 1.807) is 6.20 Å². The maximum Gasteiger partial charge on any atom is 0.389 e. The van der Waals surface area contributed by atoms with Crippen molar-refractivity contribution in [2.75, 3.05) is 18.0 Å². The second kappa shape index (κ2) is 3.86. The monoisotopic (exact) mass is 256 g/mol. The zero-order valence-electron chi connectivity index (χ0n) is 9.41. The molecule has 4 nitrogen and oxygen atoms in total. The number of fused-ring (bicyclic) bond motifs is 1. The van der Waals surface area contributed by atoms with Crippen LogP contribution in [0.3, 0.4) is 0 Å². The van der Waals surface area contributed by atoms with Crippen molar-refractivity contribution in [1.82, 2.24) is 15.0 Å². The molecule has 7 heteroatoms. The van der Waals surface area contributed by atoms with Crippen molar-refractivity contribution in [2.24, 2.45) is 5.92 Å². The topological polar surface area (TPSA) is 44.8 Å². The highest BCUT2D eigenvalue weighted by Gasteiger charge is 2.38. The van der Waals surface area contributed by atoms with Crippen molar-refractivity contribution >= 4 is 16.9 Å². The molecule has 0 unspecified atom stereocenters. The molecule has 1 N–H and O–H groups in total. The molecule has 0 amide bonds. The van der Waals surface area contributed by atoms with Crippen LogP contribution in [-0.2, 0) is 0 Å². The molecule has 0 saturated carbocycles. The Morgan fingerprint density at radius 3 is 2.83 bits per heavy atom. The van der Waals surface area contributed by atoms with Crippen LogP contribution in [0.5, 0.6) is 0 Å². The predicted octanol–water partition coefficient (Wildman–Crippen LogP) is 2.35. The zero-order valence-corrected chi connectivity index (χ0v) is 9.41. The summed E-state index contributed by atoms with van der Waals surface area (Å²) in [5, 5.41) is 0.850. The SMILES string of the molecule is FC(F)(F)CC1CN(c2ncnc3[nH]ccc23)C1. The predicted molar refractivity (Wildman–Crippen MR) is 60.3 cm³/mol. The van der Waals surface area contributed by atoms with Gasteiger partial charge in [0.1, 0.15) is 17.8 Å². The van der Waals surface area contributed by atoms with Gasteiger partial charge in [0, 0.05) is 31.6 Å². The highest BCUT2D eigenvalue weighted by molar-refractivity contribution is 5.87. The van der Waals surface area contributed by atoms with Crippen LogP contribution in [0.2, 0.25) is 0 Å². The summed E-state index contributed by atoms with van der Waals surface area (Å²) in [6.07, 6.45) is -1.63. The Labute approximate surface area is 101 Å². The Morgan fingerprint density at radius 1 is 1.33 bits per heavy atom. The lowest BCUT2D eigenvalue weighted by Gasteiger charge is -2.40. The van der Waals surface area contributed by atoms with Crippen molar-refractivity contribution in [3.05, 3.63) is 18.6 Å². The first-order chi connectivity index (χ1) is 8.53. The van der Waals surface area contributed by atoms with Gasteiger partial charge in [-0.15, -0.1) is 0 Å². The quantitative estimate of drug-likeness (QED) is 0.897. The van der Waals surface area contributed by atoms with E-state index in [1.807, 2.05) is 11.0 Å². The Hall–Kier alpha value is -1.79. The summed E-state index contributed by atoms with van der Waals surface area (Å²) in [5.41, 5.74) is 0.708. The summed E-state index contributed by atoms with van der Waals surface area (Å²) in [5.74, 6) is 0.383. The lowest BCUT2D eigenvalue weighted by molar-refractivity contribution is -0.146. The minimum absolute atomic E-state index is 0.325. The first kappa shape index (κ1) is 11.3. The Balaban J connectivity index is 1.73. The van der Waals surface area contributed by atoms with Crippen LogP contribution in [-0.4, -0.2) is 34.2 Å². The van der Waals surface area contributed by atoms with Gasteiger partial charge in [0.25, 0.3) is 0 Å². The number of aromatic amines is 1. The molecule has 1 fully saturated rings. The third-order valence-corrected chi connectivity index (χ3v) is 3.11. The largest absolute Gasteiger partial charge is 0.389 e. The Bertz CT molecular complexity index is 557. The summed E-state index contributed by atoms with van der Waals surface area (Å²) in [4.78, 5) is 13.0. The molecule has 0 aliphatic carbocycles. The molecule has 18 heavy (non-hydrogen) atoms. The first-order valence-corrected chi connectivity index (χ1v) is 5.63. The number of rotatable bonds is 2. The summed E-state index contributed by atoms with van der Waals surface area (Å²) in [6.45, 7) is 0.799. The fourth-order valence-corrected chi connectivity index (χ4v) is 2.31. The molecular formula is C11H11F3N4. The van der Waals surface area contributed by atoms with Crippen LogP contribution in [0.15, 0.2) is 18.6 Å². The molecule has 0 atom stereocenters. The Kier molecular flexibility index (Phi) is 2.42. The molecule has 0 radical (unpaired) electrons. The van der Waals surface area contributed by atoms with Crippen molar-refractivity contribution < 1.29 is 13.2 Å². The molecule has 1 saturated heterocycles. The molecule has 2 aromatic rings. The van der Waals surface area contributed by atoms with Gasteiger partial charge in [-0.3, -0.25) is 0 Å². The maximum atomic E-state index is 12.2. The van der Waals surface area contributed by atoms with E-state index in [0.29, 0.717) is 24.6 Å². The third-order valence-electron chi connectivity index (χ3n) is 3.11. The number of nitrogens with one attached hydrogen (secondary N) is 1. The van der Waals surface area contributed by atoms with Gasteiger partial charge in [0.15, 0.2) is 0 Å². The number of alkyl halides is 3. The molecule has 0 bridgehead atoms. The number of anilines is 1. The lowest BCUT2D eigenvalue weighted by Crippen LogP contribution is -2.48. The highest BCUT2D eigenvalue weighted by atomic mass is 19.4. The molecule has 0 aromatic carbocycles. The molecule has 1 aliphatic heterocycles. The second-order valence-electron chi connectivity index (χ2n) is 4.53. The number of nitrogens with zero attached hydrogens (tertiary/aromatic N) is 3. The van der Waals surface area contributed by atoms with Gasteiger partial charge >= 0.3 is 6.18 Å². The zero-order chi connectivity index (χ0) is 12.8. The standard InChI is InChI=1S/C11H11F3N4/c12-11(13,14)3-7-4-18(5-7)10-8-1-2-15-9(8)16-6-17-10/h1-2,6-7H,3-5H2,(H,15,16,17). The molecule has 96 valence electrons. The van der Waals surface area contributed by atoms with Crippen LogP contribution >= 0.6 is 0 Å². The maximum absolute atomic E-state index is 12.2. The van der Waals surface area contributed by atoms with Gasteiger partial charge < -0.3 is 9.88 Å². The Morgan fingerprint density at radius 2 is 2.11 bits per heavy atom. The molecule has 3 rings (SSSR count). The van der Waals surface area contributed by atoms with Crippen LogP contribution in [0, 0.1) is 5.92 Å². The molecule has 1 aliphatic rings. The van der Waals surface area contributed by atoms with Gasteiger partial charge in [-0.2, -0.15) is 13.2 Å². The summed E-state index contributed by atoms with van der Waals surface area (Å²) in [6, 6.07) is 1.84. The van der Waals surface area contributed by atoms with Crippen molar-refractivity contribution in [2.45, 2.75) is 12.6 Å². The average molecular weight is 256 g/mol. The van der Waals surface area contributed by atoms with Gasteiger partial charge in [0.05, 0.1) is 5.39 Å². The number of aromatic nitrogens is 3. The van der Waals surface area contributed by atoms with E-state index >= 15 is 0 Å². The van der Waals surface area contributed by atoms with Crippen LogP contribution < -0.4 is 4.90 Å². The van der Waals surface area contributed by atoms with E-state index in [1.165, 1.54) is 6.33 Å². The molecular weight excluding hydrogens is 245 g/mol. The number of hydrogen-bond acceptors (Lipinski definition) is 3. The average Bonchev–Trinajstić information content (AvgIpc) is 2.69. The summed E-state index contributed by atoms with van der Waals surface area (Å²) >= 11 is 0. The minimum Gasteiger partial charge on any atom is -0.355 e. The van der Waals surface area contributed by atoms with Crippen LogP contribution in [0.1, 0.15) is 6.42 Å². The number of halogens is 3. The van der Waals surface area contributed by atoms with Gasteiger partial charge in [-0.1, -0.05) is 0 Å². The van der Waals surface area contributed by atoms with Crippen molar-refractivity contribution in [3.8, 4) is 0 Å². The smallest absolute Gasteiger partial charge is 0.355 e. The van der Waals surface area contributed by atoms with E-state index in [4.69, 9.17) is 0 Å². The second-order valence-corrected chi connectivity index (χ2v) is 4.53. The molecule has 0 spiro atoms. The first-order valence-electron chi connectivity index (χ1n) is 5.63. The van der Waals surface area contributed by atoms with Gasteiger partial charge in [0.2, 0.25) is 0 Å². The van der Waals surface area contributed by atoms with E-state index < -0.39 is 12.6 Å². The van der Waals surface area contributed by atoms with Gasteiger partial charge in [-0.05, 0) is 6.07 Å². The summed E-state index contributed by atoms with van der Waals surface area (Å²) in [7, 11) is 0. The van der Waals surface area contributed by atoms with Crippen LogP contribution in [0.4, 0.5) is 19.0 Å². The molecule has 2 aromatic heterocycles. The van der Waals surface area contributed by atoms with Crippen LogP contribution in [0.25, 0.3) is 11.0 Å². The minimum atomic E-state index is -4.08. The molecule has 3 heterocycles. The van der Waals surface area contributed by atoms with Crippen molar-refractivity contribution in [3.63, 3.8) is 0 Å². The van der Waals surface area contributed by atoms with Gasteiger partial charge in [-0.25, -0.2) is 9.97 Å². The lowest BCUT2D eigenvalue weighted by atomic mass is 9.96. The normalized spacial score (nSPS) is 17.2.